The molecule has 0 saturated carbocycles. The molecule has 0 spiro atoms. The average molecular weight is 566 g/mol. The van der Waals surface area contributed by atoms with Gasteiger partial charge >= 0.3 is 0 Å². The van der Waals surface area contributed by atoms with Crippen molar-refractivity contribution in [1.29, 1.82) is 0 Å². The number of aryl methyl sites for hydroxylation is 2. The summed E-state index contributed by atoms with van der Waals surface area (Å²) in [6, 6.07) is 20.0. The second-order valence-corrected chi connectivity index (χ2v) is 11.4. The van der Waals surface area contributed by atoms with E-state index in [1.807, 2.05) is 58.9 Å². The predicted molar refractivity (Wildman–Crippen MR) is 158 cm³/mol. The van der Waals surface area contributed by atoms with E-state index >= 15 is 0 Å². The summed E-state index contributed by atoms with van der Waals surface area (Å²) >= 11 is 0. The molecule has 0 saturated heterocycles. The van der Waals surface area contributed by atoms with E-state index in [4.69, 9.17) is 4.74 Å². The van der Waals surface area contributed by atoms with Crippen molar-refractivity contribution in [3.05, 3.63) is 89.5 Å². The van der Waals surface area contributed by atoms with Crippen LogP contribution >= 0.6 is 0 Å². The van der Waals surface area contributed by atoms with Gasteiger partial charge in [-0.25, -0.2) is 8.42 Å². The molecule has 1 N–H and O–H groups in total. The van der Waals surface area contributed by atoms with Crippen molar-refractivity contribution < 1.29 is 22.7 Å². The fourth-order valence-electron chi connectivity index (χ4n) is 4.46. The first-order valence-electron chi connectivity index (χ1n) is 13.6. The van der Waals surface area contributed by atoms with Gasteiger partial charge in [0.2, 0.25) is 11.8 Å². The molecule has 3 rings (SSSR count). The van der Waals surface area contributed by atoms with Gasteiger partial charge in [-0.05, 0) is 76.1 Å². The lowest BCUT2D eigenvalue weighted by atomic mass is 10.1. The Hall–Kier alpha value is -3.85. The summed E-state index contributed by atoms with van der Waals surface area (Å²) in [7, 11) is -4.12. The molecule has 0 aliphatic carbocycles. The minimum atomic E-state index is -4.12. The van der Waals surface area contributed by atoms with Crippen LogP contribution in [0.15, 0.2) is 77.7 Å². The summed E-state index contributed by atoms with van der Waals surface area (Å²) in [6.45, 7) is 9.92. The number of anilines is 1. The number of rotatable bonds is 13. The fourth-order valence-corrected chi connectivity index (χ4v) is 5.87. The van der Waals surface area contributed by atoms with Gasteiger partial charge in [-0.2, -0.15) is 0 Å². The molecule has 214 valence electrons. The number of likely N-dealkylation sites (N-methyl/N-ethyl adjacent to an activating group) is 1. The molecule has 40 heavy (non-hydrogen) atoms. The van der Waals surface area contributed by atoms with Crippen molar-refractivity contribution in [3.63, 3.8) is 0 Å². The number of amides is 2. The third-order valence-corrected chi connectivity index (χ3v) is 8.28. The van der Waals surface area contributed by atoms with Gasteiger partial charge in [0.05, 0.1) is 17.2 Å². The predicted octanol–water partition coefficient (Wildman–Crippen LogP) is 4.84. The number of carbonyl (C=O) groups excluding carboxylic acids is 2. The molecule has 0 aliphatic heterocycles. The fraction of sp³-hybridized carbons (Fsp3) is 0.355. The molecule has 1 atom stereocenters. The van der Waals surface area contributed by atoms with Crippen LogP contribution in [0.25, 0.3) is 0 Å². The molecule has 2 amide bonds. The number of hydrogen-bond acceptors (Lipinski definition) is 5. The minimum absolute atomic E-state index is 0.0702. The lowest BCUT2D eigenvalue weighted by molar-refractivity contribution is -0.140. The highest BCUT2D eigenvalue weighted by molar-refractivity contribution is 7.92. The molecule has 0 bridgehead atoms. The number of benzene rings is 3. The van der Waals surface area contributed by atoms with Crippen LogP contribution in [0.1, 0.15) is 43.9 Å². The van der Waals surface area contributed by atoms with E-state index in [0.29, 0.717) is 31.0 Å². The van der Waals surface area contributed by atoms with Gasteiger partial charge in [-0.3, -0.25) is 13.9 Å². The van der Waals surface area contributed by atoms with Crippen LogP contribution < -0.4 is 14.4 Å². The second-order valence-electron chi connectivity index (χ2n) is 9.58. The summed E-state index contributed by atoms with van der Waals surface area (Å²) in [4.78, 5) is 28.6. The third kappa shape index (κ3) is 7.63. The van der Waals surface area contributed by atoms with Crippen LogP contribution in [0.5, 0.6) is 5.75 Å². The van der Waals surface area contributed by atoms with Gasteiger partial charge in [-0.1, -0.05) is 54.4 Å². The maximum atomic E-state index is 14.0. The van der Waals surface area contributed by atoms with Crippen LogP contribution in [-0.2, 0) is 26.2 Å². The molecule has 0 fully saturated rings. The van der Waals surface area contributed by atoms with Crippen LogP contribution in [0.2, 0.25) is 0 Å². The molecular formula is C31H39N3O5S. The number of nitrogens with one attached hydrogen (secondary N) is 1. The maximum Gasteiger partial charge on any atom is 0.264 e. The second kappa shape index (κ2) is 14.0. The SMILES string of the molecule is CCNC(=O)C(CC)N(Cc1cccc(C)c1)C(=O)CN(c1ccc(OCC)cc1)S(=O)(=O)c1ccc(C)cc1. The molecule has 3 aromatic carbocycles. The standard InChI is InChI=1S/C31H39N3O5S/c1-6-29(31(36)32-7-2)33(21-25-11-9-10-24(5)20-25)30(35)22-34(26-14-16-27(17-15-26)39-8-3)40(37,38)28-18-12-23(4)13-19-28/h9-20,29H,6-8,21-22H2,1-5H3,(H,32,36). The largest absolute Gasteiger partial charge is 0.494 e. The number of carbonyl (C=O) groups is 2. The minimum Gasteiger partial charge on any atom is -0.494 e. The highest BCUT2D eigenvalue weighted by Gasteiger charge is 2.33. The van der Waals surface area contributed by atoms with E-state index in [9.17, 15) is 18.0 Å². The Morgan fingerprint density at radius 3 is 2.15 bits per heavy atom. The Balaban J connectivity index is 2.06. The number of hydrogen-bond donors (Lipinski definition) is 1. The summed E-state index contributed by atoms with van der Waals surface area (Å²) in [6.07, 6.45) is 0.372. The maximum absolute atomic E-state index is 14.0. The Morgan fingerprint density at radius 2 is 1.57 bits per heavy atom. The Morgan fingerprint density at radius 1 is 0.900 bits per heavy atom. The Kier molecular flexibility index (Phi) is 10.7. The first-order chi connectivity index (χ1) is 19.1. The Labute approximate surface area is 238 Å². The summed E-state index contributed by atoms with van der Waals surface area (Å²) in [5.74, 6) is -0.169. The summed E-state index contributed by atoms with van der Waals surface area (Å²) < 4.78 is 34.5. The van der Waals surface area contributed by atoms with Crippen molar-refractivity contribution in [2.75, 3.05) is 24.0 Å². The van der Waals surface area contributed by atoms with Crippen molar-refractivity contribution >= 4 is 27.5 Å². The summed E-state index contributed by atoms with van der Waals surface area (Å²) in [5.41, 5.74) is 3.11. The molecular weight excluding hydrogens is 526 g/mol. The third-order valence-electron chi connectivity index (χ3n) is 6.50. The monoisotopic (exact) mass is 565 g/mol. The topological polar surface area (TPSA) is 96.0 Å². The molecule has 3 aromatic rings. The van der Waals surface area contributed by atoms with Gasteiger partial charge < -0.3 is 15.0 Å². The van der Waals surface area contributed by atoms with Crippen LogP contribution in [0.4, 0.5) is 5.69 Å². The highest BCUT2D eigenvalue weighted by atomic mass is 32.2. The van der Waals surface area contributed by atoms with Crippen LogP contribution in [0, 0.1) is 13.8 Å². The molecule has 9 heteroatoms. The van der Waals surface area contributed by atoms with E-state index < -0.39 is 28.5 Å². The number of sulfonamides is 1. The molecule has 0 aromatic heterocycles. The molecule has 0 radical (unpaired) electrons. The molecule has 1 unspecified atom stereocenters. The van der Waals surface area contributed by atoms with E-state index in [1.165, 1.54) is 17.0 Å². The quantitative estimate of drug-likeness (QED) is 0.320. The lowest BCUT2D eigenvalue weighted by Crippen LogP contribution is -2.52. The van der Waals surface area contributed by atoms with Crippen molar-refractivity contribution in [2.24, 2.45) is 0 Å². The molecule has 8 nitrogen and oxygen atoms in total. The number of nitrogens with zero attached hydrogens (tertiary/aromatic N) is 2. The van der Waals surface area contributed by atoms with Gasteiger partial charge in [0.25, 0.3) is 10.0 Å². The molecule has 0 aliphatic rings. The van der Waals surface area contributed by atoms with Crippen LogP contribution in [-0.4, -0.2) is 50.9 Å². The highest BCUT2D eigenvalue weighted by Crippen LogP contribution is 2.27. The zero-order valence-corrected chi connectivity index (χ0v) is 24.7. The first kappa shape index (κ1) is 30.7. The van der Waals surface area contributed by atoms with Crippen molar-refractivity contribution in [1.82, 2.24) is 10.2 Å². The first-order valence-corrected chi connectivity index (χ1v) is 15.0. The van der Waals surface area contributed by atoms with E-state index in [2.05, 4.69) is 5.32 Å². The van der Waals surface area contributed by atoms with Crippen molar-refractivity contribution in [2.45, 2.75) is 58.5 Å². The Bertz CT molecular complexity index is 1390. The average Bonchev–Trinajstić information content (AvgIpc) is 2.92. The molecule has 0 heterocycles. The van der Waals surface area contributed by atoms with E-state index in [0.717, 1.165) is 21.0 Å². The van der Waals surface area contributed by atoms with Crippen molar-refractivity contribution in [3.8, 4) is 5.75 Å². The number of ether oxygens (including phenoxy) is 1. The van der Waals surface area contributed by atoms with E-state index in [1.54, 1.807) is 36.4 Å². The zero-order valence-electron chi connectivity index (χ0n) is 23.9. The van der Waals surface area contributed by atoms with Gasteiger partial charge in [0, 0.05) is 13.1 Å². The summed E-state index contributed by atoms with van der Waals surface area (Å²) in [5, 5.41) is 2.82. The smallest absolute Gasteiger partial charge is 0.264 e. The van der Waals surface area contributed by atoms with Gasteiger partial charge in [0.15, 0.2) is 0 Å². The van der Waals surface area contributed by atoms with E-state index in [-0.39, 0.29) is 17.3 Å². The van der Waals surface area contributed by atoms with Gasteiger partial charge in [-0.15, -0.1) is 0 Å². The normalized spacial score (nSPS) is 11.9. The zero-order chi connectivity index (χ0) is 29.3. The van der Waals surface area contributed by atoms with Gasteiger partial charge in [0.1, 0.15) is 18.3 Å². The lowest BCUT2D eigenvalue weighted by Gasteiger charge is -2.33. The van der Waals surface area contributed by atoms with Crippen LogP contribution in [0.3, 0.4) is 0 Å².